The van der Waals surface area contributed by atoms with Crippen LogP contribution in [0.2, 0.25) is 0 Å². The summed E-state index contributed by atoms with van der Waals surface area (Å²) in [6, 6.07) is 7.83. The number of nitrogens with one attached hydrogen (secondary N) is 1. The number of nitriles is 1. The highest BCUT2D eigenvalue weighted by Crippen LogP contribution is 2.25. The van der Waals surface area contributed by atoms with Gasteiger partial charge in [-0.25, -0.2) is 13.4 Å². The summed E-state index contributed by atoms with van der Waals surface area (Å²) in [6.45, 7) is 2.44. The number of benzene rings is 1. The zero-order valence-corrected chi connectivity index (χ0v) is 15.8. The van der Waals surface area contributed by atoms with Crippen molar-refractivity contribution in [1.29, 1.82) is 5.26 Å². The van der Waals surface area contributed by atoms with E-state index in [1.54, 1.807) is 0 Å². The summed E-state index contributed by atoms with van der Waals surface area (Å²) in [5.74, 6) is -0.346. The zero-order chi connectivity index (χ0) is 18.7. The smallest absolute Gasteiger partial charge is 0.243 e. The monoisotopic (exact) mass is 390 g/mol. The standard InChI is InChI=1S/C17H18N4O3S2/c1-12-11-25-17(19-12)20-16(22)14-6-8-21(9-7-14)26(23,24)15-4-2-13(10-18)3-5-15/h2-5,11,14H,6-9H2,1H3,(H,19,20,22). The molecule has 1 aliphatic heterocycles. The summed E-state index contributed by atoms with van der Waals surface area (Å²) < 4.78 is 26.8. The molecule has 9 heteroatoms. The van der Waals surface area contributed by atoms with Gasteiger partial charge < -0.3 is 5.32 Å². The molecule has 1 N–H and O–H groups in total. The first-order chi connectivity index (χ1) is 12.4. The van der Waals surface area contributed by atoms with Crippen LogP contribution in [0.1, 0.15) is 24.1 Å². The number of anilines is 1. The van der Waals surface area contributed by atoms with Gasteiger partial charge in [-0.2, -0.15) is 9.57 Å². The number of hydrogen-bond donors (Lipinski definition) is 1. The van der Waals surface area contributed by atoms with Crippen molar-refractivity contribution < 1.29 is 13.2 Å². The Labute approximate surface area is 156 Å². The van der Waals surface area contributed by atoms with E-state index in [4.69, 9.17) is 5.26 Å². The van der Waals surface area contributed by atoms with Gasteiger partial charge >= 0.3 is 0 Å². The van der Waals surface area contributed by atoms with E-state index < -0.39 is 10.0 Å². The number of hydrogen-bond acceptors (Lipinski definition) is 6. The number of sulfonamides is 1. The third-order valence-electron chi connectivity index (χ3n) is 4.30. The second-order valence-electron chi connectivity index (χ2n) is 6.10. The number of nitrogens with zero attached hydrogens (tertiary/aromatic N) is 3. The SMILES string of the molecule is Cc1csc(NC(=O)C2CCN(S(=O)(=O)c3ccc(C#N)cc3)CC2)n1. The van der Waals surface area contributed by atoms with Crippen LogP contribution < -0.4 is 5.32 Å². The third-order valence-corrected chi connectivity index (χ3v) is 7.08. The molecule has 1 fully saturated rings. The number of aryl methyl sites for hydroxylation is 1. The Bertz CT molecular complexity index is 937. The second kappa shape index (κ2) is 7.53. The molecule has 1 aromatic heterocycles. The van der Waals surface area contributed by atoms with Crippen molar-refractivity contribution in [1.82, 2.24) is 9.29 Å². The summed E-state index contributed by atoms with van der Waals surface area (Å²) in [5.41, 5.74) is 1.27. The van der Waals surface area contributed by atoms with Crippen molar-refractivity contribution in [3.8, 4) is 6.07 Å². The highest BCUT2D eigenvalue weighted by Gasteiger charge is 2.32. The van der Waals surface area contributed by atoms with Gasteiger partial charge in [0.15, 0.2) is 5.13 Å². The summed E-state index contributed by atoms with van der Waals surface area (Å²) in [6.07, 6.45) is 0.928. The number of piperidine rings is 1. The first-order valence-electron chi connectivity index (χ1n) is 8.13. The molecule has 26 heavy (non-hydrogen) atoms. The summed E-state index contributed by atoms with van der Waals surface area (Å²) in [7, 11) is -3.61. The van der Waals surface area contributed by atoms with Gasteiger partial charge in [0.05, 0.1) is 22.2 Å². The minimum atomic E-state index is -3.61. The van der Waals surface area contributed by atoms with Crippen LogP contribution in [0, 0.1) is 24.2 Å². The first kappa shape index (κ1) is 18.5. The van der Waals surface area contributed by atoms with Crippen molar-refractivity contribution in [2.24, 2.45) is 5.92 Å². The lowest BCUT2D eigenvalue weighted by molar-refractivity contribution is -0.120. The van der Waals surface area contributed by atoms with Crippen LogP contribution in [0.3, 0.4) is 0 Å². The van der Waals surface area contributed by atoms with Crippen molar-refractivity contribution in [2.75, 3.05) is 18.4 Å². The van der Waals surface area contributed by atoms with Crippen molar-refractivity contribution in [2.45, 2.75) is 24.7 Å². The molecule has 0 spiro atoms. The van der Waals surface area contributed by atoms with E-state index in [2.05, 4.69) is 10.3 Å². The number of carbonyl (C=O) groups excluding carboxylic acids is 1. The lowest BCUT2D eigenvalue weighted by atomic mass is 9.97. The second-order valence-corrected chi connectivity index (χ2v) is 8.89. The first-order valence-corrected chi connectivity index (χ1v) is 10.5. The van der Waals surface area contributed by atoms with Gasteiger partial charge in [-0.05, 0) is 44.0 Å². The maximum absolute atomic E-state index is 12.7. The highest BCUT2D eigenvalue weighted by molar-refractivity contribution is 7.89. The summed E-state index contributed by atoms with van der Waals surface area (Å²) in [5, 5.41) is 14.1. The van der Waals surface area contributed by atoms with Crippen LogP contribution >= 0.6 is 11.3 Å². The number of thiazole rings is 1. The van der Waals surface area contributed by atoms with Crippen LogP contribution in [-0.2, 0) is 14.8 Å². The van der Waals surface area contributed by atoms with E-state index in [0.717, 1.165) is 5.69 Å². The molecule has 7 nitrogen and oxygen atoms in total. The molecule has 2 aromatic rings. The predicted octanol–water partition coefficient (Wildman–Crippen LogP) is 2.36. The minimum Gasteiger partial charge on any atom is -0.302 e. The van der Waals surface area contributed by atoms with Crippen molar-refractivity contribution >= 4 is 32.4 Å². The summed E-state index contributed by atoms with van der Waals surface area (Å²) >= 11 is 1.37. The Kier molecular flexibility index (Phi) is 5.36. The Morgan fingerprint density at radius 1 is 1.31 bits per heavy atom. The number of amides is 1. The maximum atomic E-state index is 12.7. The van der Waals surface area contributed by atoms with E-state index in [0.29, 0.717) is 23.5 Å². The summed E-state index contributed by atoms with van der Waals surface area (Å²) in [4.78, 5) is 16.7. The maximum Gasteiger partial charge on any atom is 0.243 e. The molecule has 3 rings (SSSR count). The number of rotatable bonds is 4. The van der Waals surface area contributed by atoms with E-state index in [-0.39, 0.29) is 29.8 Å². The van der Waals surface area contributed by atoms with Gasteiger partial charge in [0, 0.05) is 24.4 Å². The topological polar surface area (TPSA) is 103 Å². The van der Waals surface area contributed by atoms with Gasteiger partial charge in [0.25, 0.3) is 0 Å². The quantitative estimate of drug-likeness (QED) is 0.863. The Hall–Kier alpha value is -2.28. The van der Waals surface area contributed by atoms with Crippen LogP contribution in [0.15, 0.2) is 34.5 Å². The molecule has 1 saturated heterocycles. The van der Waals surface area contributed by atoms with Gasteiger partial charge in [-0.15, -0.1) is 11.3 Å². The molecule has 0 atom stereocenters. The fourth-order valence-electron chi connectivity index (χ4n) is 2.83. The molecule has 0 unspecified atom stereocenters. The molecule has 0 saturated carbocycles. The number of carbonyl (C=O) groups is 1. The Balaban J connectivity index is 1.62. The molecule has 0 bridgehead atoms. The van der Waals surface area contributed by atoms with Gasteiger partial charge in [0.1, 0.15) is 0 Å². The molecular formula is C17H18N4O3S2. The average molecular weight is 390 g/mol. The van der Waals surface area contributed by atoms with E-state index in [9.17, 15) is 13.2 Å². The van der Waals surface area contributed by atoms with E-state index in [1.165, 1.54) is 39.9 Å². The molecule has 136 valence electrons. The van der Waals surface area contributed by atoms with Gasteiger partial charge in [-0.3, -0.25) is 4.79 Å². The van der Waals surface area contributed by atoms with Crippen LogP contribution in [0.5, 0.6) is 0 Å². The third kappa shape index (κ3) is 3.93. The molecule has 1 amide bonds. The zero-order valence-electron chi connectivity index (χ0n) is 14.2. The number of aromatic nitrogens is 1. The lowest BCUT2D eigenvalue weighted by Crippen LogP contribution is -2.41. The minimum absolute atomic E-state index is 0.116. The van der Waals surface area contributed by atoms with Gasteiger partial charge in [0.2, 0.25) is 15.9 Å². The van der Waals surface area contributed by atoms with Crippen molar-refractivity contribution in [3.63, 3.8) is 0 Å². The van der Waals surface area contributed by atoms with Gasteiger partial charge in [-0.1, -0.05) is 0 Å². The van der Waals surface area contributed by atoms with Crippen LogP contribution in [0.25, 0.3) is 0 Å². The lowest BCUT2D eigenvalue weighted by Gasteiger charge is -2.30. The predicted molar refractivity (Wildman–Crippen MR) is 98.1 cm³/mol. The molecule has 0 radical (unpaired) electrons. The van der Waals surface area contributed by atoms with E-state index in [1.807, 2.05) is 18.4 Å². The Morgan fingerprint density at radius 3 is 2.50 bits per heavy atom. The normalized spacial score (nSPS) is 16.2. The van der Waals surface area contributed by atoms with Crippen molar-refractivity contribution in [3.05, 3.63) is 40.9 Å². The van der Waals surface area contributed by atoms with Crippen LogP contribution in [-0.4, -0.2) is 36.7 Å². The molecular weight excluding hydrogens is 372 g/mol. The Morgan fingerprint density at radius 2 is 1.96 bits per heavy atom. The molecule has 2 heterocycles. The fourth-order valence-corrected chi connectivity index (χ4v) is 4.99. The highest BCUT2D eigenvalue weighted by atomic mass is 32.2. The molecule has 0 aliphatic carbocycles. The largest absolute Gasteiger partial charge is 0.302 e. The average Bonchev–Trinajstić information content (AvgIpc) is 3.06. The fraction of sp³-hybridized carbons (Fsp3) is 0.353. The van der Waals surface area contributed by atoms with E-state index >= 15 is 0 Å². The van der Waals surface area contributed by atoms with Crippen LogP contribution in [0.4, 0.5) is 5.13 Å². The molecule has 1 aromatic carbocycles. The molecule has 1 aliphatic rings.